The Morgan fingerprint density at radius 3 is 2.62 bits per heavy atom. The Bertz CT molecular complexity index is 842. The lowest BCUT2D eigenvalue weighted by atomic mass is 9.91. The number of carbonyl (C=O) groups excluding carboxylic acids is 1. The number of hydrogen-bond acceptors (Lipinski definition) is 5. The number of thiophene rings is 1. The van der Waals surface area contributed by atoms with Gasteiger partial charge in [-0.2, -0.15) is 0 Å². The molecule has 1 aliphatic rings. The fourth-order valence-electron chi connectivity index (χ4n) is 3.00. The molecule has 0 atom stereocenters. The van der Waals surface area contributed by atoms with E-state index in [0.717, 1.165) is 30.6 Å². The van der Waals surface area contributed by atoms with E-state index in [1.165, 1.54) is 23.5 Å². The second kappa shape index (κ2) is 8.30. The molecule has 0 unspecified atom stereocenters. The molecule has 6 nitrogen and oxygen atoms in total. The van der Waals surface area contributed by atoms with Crippen LogP contribution in [0.4, 0.5) is 0 Å². The maximum Gasteiger partial charge on any atom is 0.251 e. The van der Waals surface area contributed by atoms with Crippen LogP contribution in [0.5, 0.6) is 0 Å². The molecule has 1 aromatic carbocycles. The summed E-state index contributed by atoms with van der Waals surface area (Å²) in [5.41, 5.74) is 6.23. The van der Waals surface area contributed by atoms with E-state index in [1.54, 1.807) is 12.1 Å². The Morgan fingerprint density at radius 2 is 1.92 bits per heavy atom. The average molecular weight is 394 g/mol. The lowest BCUT2D eigenvalue weighted by molar-refractivity contribution is 0.0925. The summed E-state index contributed by atoms with van der Waals surface area (Å²) in [6, 6.07) is 10.2. The van der Waals surface area contributed by atoms with E-state index in [2.05, 4.69) is 10.0 Å². The largest absolute Gasteiger partial charge is 0.349 e. The molecule has 1 heterocycles. The van der Waals surface area contributed by atoms with Crippen LogP contribution < -0.4 is 15.8 Å². The number of rotatable bonds is 6. The van der Waals surface area contributed by atoms with E-state index < -0.39 is 10.0 Å². The van der Waals surface area contributed by atoms with Gasteiger partial charge in [-0.05, 0) is 55.3 Å². The quantitative estimate of drug-likeness (QED) is 0.700. The summed E-state index contributed by atoms with van der Waals surface area (Å²) in [4.78, 5) is 13.5. The first-order chi connectivity index (χ1) is 12.4. The summed E-state index contributed by atoms with van der Waals surface area (Å²) < 4.78 is 27.5. The molecule has 140 valence electrons. The van der Waals surface area contributed by atoms with Crippen LogP contribution in [-0.2, 0) is 16.6 Å². The van der Waals surface area contributed by atoms with Crippen molar-refractivity contribution in [2.75, 3.05) is 0 Å². The van der Waals surface area contributed by atoms with Crippen molar-refractivity contribution in [2.45, 2.75) is 49.2 Å². The monoisotopic (exact) mass is 393 g/mol. The van der Waals surface area contributed by atoms with Crippen LogP contribution in [0.1, 0.15) is 40.9 Å². The van der Waals surface area contributed by atoms with Crippen LogP contribution >= 0.6 is 11.3 Å². The van der Waals surface area contributed by atoms with Crippen molar-refractivity contribution in [3.63, 3.8) is 0 Å². The second-order valence-corrected chi connectivity index (χ2v) is 9.32. The van der Waals surface area contributed by atoms with Gasteiger partial charge in [0, 0.05) is 29.1 Å². The number of nitrogens with two attached hydrogens (primary N) is 1. The van der Waals surface area contributed by atoms with Crippen molar-refractivity contribution >= 4 is 27.3 Å². The molecule has 1 saturated carbocycles. The van der Waals surface area contributed by atoms with Crippen LogP contribution in [0, 0.1) is 0 Å². The first kappa shape index (κ1) is 19.0. The zero-order valence-corrected chi connectivity index (χ0v) is 16.0. The summed E-state index contributed by atoms with van der Waals surface area (Å²) in [5, 5.41) is 4.88. The second-order valence-electron chi connectivity index (χ2n) is 6.52. The number of benzene rings is 1. The highest BCUT2D eigenvalue weighted by atomic mass is 32.2. The van der Waals surface area contributed by atoms with E-state index in [1.807, 2.05) is 17.5 Å². The molecule has 26 heavy (non-hydrogen) atoms. The van der Waals surface area contributed by atoms with Crippen LogP contribution in [0.25, 0.3) is 0 Å². The third-order valence-corrected chi connectivity index (χ3v) is 6.81. The van der Waals surface area contributed by atoms with E-state index >= 15 is 0 Å². The summed E-state index contributed by atoms with van der Waals surface area (Å²) in [5.74, 6) is -0.249. The standard InChI is InChI=1S/C18H23N3O3S2/c19-14-6-8-15(9-7-14)21-18(22)13-3-1-5-17(11-13)26(23,24)20-12-16-4-2-10-25-16/h1-5,10-11,14-15,20H,6-9,12,19H2,(H,21,22). The molecule has 3 rings (SSSR count). The van der Waals surface area contributed by atoms with Crippen molar-refractivity contribution < 1.29 is 13.2 Å². The molecule has 4 N–H and O–H groups in total. The van der Waals surface area contributed by atoms with Gasteiger partial charge in [-0.15, -0.1) is 11.3 Å². The first-order valence-corrected chi connectivity index (χ1v) is 11.0. The van der Waals surface area contributed by atoms with Gasteiger partial charge < -0.3 is 11.1 Å². The maximum atomic E-state index is 12.5. The third-order valence-electron chi connectivity index (χ3n) is 4.53. The first-order valence-electron chi connectivity index (χ1n) is 8.62. The van der Waals surface area contributed by atoms with Crippen LogP contribution in [0.15, 0.2) is 46.7 Å². The van der Waals surface area contributed by atoms with Gasteiger partial charge in [0.2, 0.25) is 10.0 Å². The van der Waals surface area contributed by atoms with Crippen molar-refractivity contribution in [1.29, 1.82) is 0 Å². The fourth-order valence-corrected chi connectivity index (χ4v) is 4.79. The highest BCUT2D eigenvalue weighted by Gasteiger charge is 2.21. The van der Waals surface area contributed by atoms with Crippen LogP contribution in [0.3, 0.4) is 0 Å². The molecule has 1 amide bonds. The van der Waals surface area contributed by atoms with Crippen LogP contribution in [-0.4, -0.2) is 26.4 Å². The SMILES string of the molecule is NC1CCC(NC(=O)c2cccc(S(=O)(=O)NCc3cccs3)c2)CC1. The number of carbonyl (C=O) groups is 1. The van der Waals surface area contributed by atoms with Crippen molar-refractivity contribution in [3.05, 3.63) is 52.2 Å². The van der Waals surface area contributed by atoms with Crippen molar-refractivity contribution in [1.82, 2.24) is 10.0 Å². The Hall–Kier alpha value is -1.74. The molecule has 0 bridgehead atoms. The minimum Gasteiger partial charge on any atom is -0.349 e. The lowest BCUT2D eigenvalue weighted by Crippen LogP contribution is -2.40. The number of hydrogen-bond donors (Lipinski definition) is 3. The van der Waals surface area contributed by atoms with Crippen LogP contribution in [0.2, 0.25) is 0 Å². The molecule has 0 radical (unpaired) electrons. The van der Waals surface area contributed by atoms with Gasteiger partial charge in [0.05, 0.1) is 4.90 Å². The molecule has 1 aliphatic carbocycles. The highest BCUT2D eigenvalue weighted by molar-refractivity contribution is 7.89. The normalized spacial score (nSPS) is 20.7. The van der Waals surface area contributed by atoms with E-state index in [-0.39, 0.29) is 29.4 Å². The average Bonchev–Trinajstić information content (AvgIpc) is 3.16. The Kier molecular flexibility index (Phi) is 6.08. The minimum absolute atomic E-state index is 0.0902. The molecule has 2 aromatic rings. The van der Waals surface area contributed by atoms with Crippen molar-refractivity contribution in [3.8, 4) is 0 Å². The summed E-state index contributed by atoms with van der Waals surface area (Å²) in [7, 11) is -3.67. The zero-order valence-electron chi connectivity index (χ0n) is 14.4. The van der Waals surface area contributed by atoms with E-state index in [4.69, 9.17) is 5.73 Å². The smallest absolute Gasteiger partial charge is 0.251 e. The zero-order chi connectivity index (χ0) is 18.6. The Labute approximate surface area is 157 Å². The van der Waals surface area contributed by atoms with E-state index in [9.17, 15) is 13.2 Å². The summed E-state index contributed by atoms with van der Waals surface area (Å²) >= 11 is 1.49. The number of sulfonamides is 1. The molecule has 8 heteroatoms. The molecule has 1 fully saturated rings. The number of amides is 1. The Morgan fingerprint density at radius 1 is 1.15 bits per heavy atom. The summed E-state index contributed by atoms with van der Waals surface area (Å²) in [6.07, 6.45) is 3.50. The topological polar surface area (TPSA) is 101 Å². The van der Waals surface area contributed by atoms with E-state index in [0.29, 0.717) is 5.56 Å². The molecular formula is C18H23N3O3S2. The number of nitrogens with one attached hydrogen (secondary N) is 2. The minimum atomic E-state index is -3.67. The third kappa shape index (κ3) is 4.91. The lowest BCUT2D eigenvalue weighted by Gasteiger charge is -2.26. The molecule has 0 saturated heterocycles. The Balaban J connectivity index is 1.65. The van der Waals surface area contributed by atoms with Gasteiger partial charge in [0.15, 0.2) is 0 Å². The highest BCUT2D eigenvalue weighted by Crippen LogP contribution is 2.18. The van der Waals surface area contributed by atoms with Gasteiger partial charge >= 0.3 is 0 Å². The fraction of sp³-hybridized carbons (Fsp3) is 0.389. The predicted octanol–water partition coefficient (Wildman–Crippen LogP) is 2.23. The predicted molar refractivity (Wildman–Crippen MR) is 102 cm³/mol. The van der Waals surface area contributed by atoms with Gasteiger partial charge in [-0.25, -0.2) is 13.1 Å². The van der Waals surface area contributed by atoms with Gasteiger partial charge in [-0.3, -0.25) is 4.79 Å². The van der Waals surface area contributed by atoms with Gasteiger partial charge in [-0.1, -0.05) is 12.1 Å². The van der Waals surface area contributed by atoms with Gasteiger partial charge in [0.25, 0.3) is 5.91 Å². The maximum absolute atomic E-state index is 12.5. The summed E-state index contributed by atoms with van der Waals surface area (Å²) in [6.45, 7) is 0.235. The molecule has 0 spiro atoms. The van der Waals surface area contributed by atoms with Crippen molar-refractivity contribution in [2.24, 2.45) is 5.73 Å². The van der Waals surface area contributed by atoms with Gasteiger partial charge in [0.1, 0.15) is 0 Å². The molecular weight excluding hydrogens is 370 g/mol. The molecule has 0 aliphatic heterocycles. The molecule has 1 aromatic heterocycles.